The molecule has 2 aromatic rings. The molecule has 40 heavy (non-hydrogen) atoms. The Hall–Kier alpha value is -2.94. The van der Waals surface area contributed by atoms with Gasteiger partial charge in [-0.1, -0.05) is 31.1 Å². The highest BCUT2D eigenvalue weighted by atomic mass is 19.1. The lowest BCUT2D eigenvalue weighted by Crippen LogP contribution is -2.42. The van der Waals surface area contributed by atoms with Crippen LogP contribution in [0.15, 0.2) is 28.8 Å². The Labute approximate surface area is 236 Å². The van der Waals surface area contributed by atoms with Crippen molar-refractivity contribution in [2.45, 2.75) is 71.1 Å². The van der Waals surface area contributed by atoms with Crippen molar-refractivity contribution in [2.75, 3.05) is 44.3 Å². The van der Waals surface area contributed by atoms with E-state index in [9.17, 15) is 9.18 Å². The number of piperidine rings is 2. The van der Waals surface area contributed by atoms with E-state index in [1.165, 1.54) is 0 Å². The van der Waals surface area contributed by atoms with Crippen molar-refractivity contribution in [3.63, 3.8) is 0 Å². The van der Waals surface area contributed by atoms with E-state index in [1.54, 1.807) is 12.1 Å². The van der Waals surface area contributed by atoms with Gasteiger partial charge in [0.25, 0.3) is 0 Å². The lowest BCUT2D eigenvalue weighted by atomic mass is 9.85. The third-order valence-electron chi connectivity index (χ3n) is 8.83. The number of rotatable bonds is 9. The average molecular weight is 555 g/mol. The van der Waals surface area contributed by atoms with E-state index in [4.69, 9.17) is 14.4 Å². The normalized spacial score (nSPS) is 21.1. The van der Waals surface area contributed by atoms with Gasteiger partial charge in [-0.15, -0.1) is 0 Å². The fourth-order valence-corrected chi connectivity index (χ4v) is 6.11. The third kappa shape index (κ3) is 6.85. The summed E-state index contributed by atoms with van der Waals surface area (Å²) in [5, 5.41) is 13.2. The fourth-order valence-electron chi connectivity index (χ4n) is 6.11. The van der Waals surface area contributed by atoms with Gasteiger partial charge in [0.2, 0.25) is 5.91 Å². The number of carbonyl (C=O) groups is 1. The van der Waals surface area contributed by atoms with Crippen LogP contribution in [0.5, 0.6) is 5.75 Å². The van der Waals surface area contributed by atoms with Gasteiger partial charge in [-0.2, -0.15) is 4.98 Å². The lowest BCUT2D eigenvalue weighted by Gasteiger charge is -2.35. The van der Waals surface area contributed by atoms with Gasteiger partial charge in [0.05, 0.1) is 6.61 Å². The van der Waals surface area contributed by atoms with Crippen LogP contribution in [0.4, 0.5) is 10.4 Å². The summed E-state index contributed by atoms with van der Waals surface area (Å²) in [6, 6.07) is 5.82. The number of carbonyl (C=O) groups excluding carboxylic acids is 1. The summed E-state index contributed by atoms with van der Waals surface area (Å²) < 4.78 is 26.3. The molecule has 9 heteroatoms. The number of aromatic nitrogens is 2. The summed E-state index contributed by atoms with van der Waals surface area (Å²) in [4.78, 5) is 21.6. The summed E-state index contributed by atoms with van der Waals surface area (Å²) >= 11 is 0. The van der Waals surface area contributed by atoms with Crippen molar-refractivity contribution < 1.29 is 23.6 Å². The van der Waals surface area contributed by atoms with Gasteiger partial charge < -0.3 is 24.2 Å². The zero-order valence-corrected chi connectivity index (χ0v) is 23.9. The van der Waals surface area contributed by atoms with Crippen LogP contribution in [-0.2, 0) is 4.79 Å². The predicted octanol–water partition coefficient (Wildman–Crippen LogP) is 5.43. The van der Waals surface area contributed by atoms with Gasteiger partial charge in [0, 0.05) is 44.6 Å². The smallest absolute Gasteiger partial charge is 0.324 e. The Morgan fingerprint density at radius 1 is 1.12 bits per heavy atom. The standard InChI is InChI=1S/C31H43FN4O4/c1-21(2)29-33-31(40-34-29)36-16-11-23(12-17-36)20-39-28-8-7-26(19-27(28)32)24-3-5-25(6-4-24)30(38)35-14-9-22(10-15-35)13-18-37/h3,7-8,19,21-23,25,37H,4-6,9-18,20H2,1-2H3. The number of allylic oxidation sites excluding steroid dienone is 2. The Kier molecular flexibility index (Phi) is 9.40. The maximum atomic E-state index is 15.0. The number of aliphatic hydroxyl groups excluding tert-OH is 1. The maximum absolute atomic E-state index is 15.0. The third-order valence-corrected chi connectivity index (χ3v) is 8.83. The number of benzene rings is 1. The van der Waals surface area contributed by atoms with Crippen LogP contribution in [-0.4, -0.2) is 65.4 Å². The van der Waals surface area contributed by atoms with Crippen LogP contribution < -0.4 is 9.64 Å². The molecule has 1 aliphatic carbocycles. The van der Waals surface area contributed by atoms with Gasteiger partial charge >= 0.3 is 6.01 Å². The minimum absolute atomic E-state index is 0.00842. The number of hydrogen-bond donors (Lipinski definition) is 1. The summed E-state index contributed by atoms with van der Waals surface area (Å²) in [6.45, 7) is 8.01. The first-order valence-electron chi connectivity index (χ1n) is 15.0. The molecule has 1 N–H and O–H groups in total. The van der Waals surface area contributed by atoms with E-state index in [0.717, 1.165) is 88.1 Å². The molecule has 3 heterocycles. The molecular formula is C31H43FN4O4. The number of nitrogens with zero attached hydrogens (tertiary/aromatic N) is 4. The number of amides is 1. The first kappa shape index (κ1) is 28.6. The monoisotopic (exact) mass is 554 g/mol. The first-order chi connectivity index (χ1) is 19.4. The first-order valence-corrected chi connectivity index (χ1v) is 15.0. The molecular weight excluding hydrogens is 511 g/mol. The minimum Gasteiger partial charge on any atom is -0.490 e. The topological polar surface area (TPSA) is 91.9 Å². The van der Waals surface area contributed by atoms with Gasteiger partial charge in [-0.25, -0.2) is 4.39 Å². The van der Waals surface area contributed by atoms with E-state index in [0.29, 0.717) is 36.6 Å². The molecule has 1 aromatic carbocycles. The predicted molar refractivity (Wildman–Crippen MR) is 152 cm³/mol. The SMILES string of the molecule is CC(C)c1noc(N2CCC(COc3ccc(C4=CCC(C(=O)N5CCC(CCO)CC5)CC4)cc3F)CC2)n1. The van der Waals surface area contributed by atoms with E-state index < -0.39 is 0 Å². The fraction of sp³-hybridized carbons (Fsp3) is 0.645. The highest BCUT2D eigenvalue weighted by Crippen LogP contribution is 2.34. The van der Waals surface area contributed by atoms with E-state index in [2.05, 4.69) is 21.1 Å². The van der Waals surface area contributed by atoms with Gasteiger partial charge in [-0.3, -0.25) is 4.79 Å². The van der Waals surface area contributed by atoms with Crippen LogP contribution in [0.2, 0.25) is 0 Å². The molecule has 2 saturated heterocycles. The Bertz CT molecular complexity index is 1170. The molecule has 0 bridgehead atoms. The van der Waals surface area contributed by atoms with Gasteiger partial charge in [0.1, 0.15) is 0 Å². The van der Waals surface area contributed by atoms with Crippen molar-refractivity contribution in [1.82, 2.24) is 15.0 Å². The van der Waals surface area contributed by atoms with Crippen LogP contribution in [0.1, 0.15) is 82.5 Å². The van der Waals surface area contributed by atoms with Crippen LogP contribution in [0.3, 0.4) is 0 Å². The second kappa shape index (κ2) is 13.1. The molecule has 5 rings (SSSR count). The second-order valence-corrected chi connectivity index (χ2v) is 12.0. The Morgan fingerprint density at radius 2 is 1.88 bits per heavy atom. The molecule has 1 amide bonds. The average Bonchev–Trinajstić information content (AvgIpc) is 3.48. The molecule has 1 unspecified atom stereocenters. The number of aliphatic hydroxyl groups is 1. The minimum atomic E-state index is -0.341. The van der Waals surface area contributed by atoms with Crippen LogP contribution >= 0.6 is 0 Å². The molecule has 8 nitrogen and oxygen atoms in total. The zero-order valence-electron chi connectivity index (χ0n) is 23.9. The quantitative estimate of drug-likeness (QED) is 0.442. The highest BCUT2D eigenvalue weighted by molar-refractivity contribution is 5.81. The molecule has 1 atom stereocenters. The summed E-state index contributed by atoms with van der Waals surface area (Å²) in [6.07, 6.45) is 9.01. The number of anilines is 1. The molecule has 2 aliphatic heterocycles. The number of likely N-dealkylation sites (tertiary alicyclic amines) is 1. The molecule has 3 aliphatic rings. The molecule has 0 radical (unpaired) electrons. The number of hydrogen-bond acceptors (Lipinski definition) is 7. The number of ether oxygens (including phenoxy) is 1. The molecule has 0 spiro atoms. The van der Waals surface area contributed by atoms with Crippen molar-refractivity contribution in [3.8, 4) is 5.75 Å². The van der Waals surface area contributed by atoms with E-state index in [1.807, 2.05) is 24.8 Å². The van der Waals surface area contributed by atoms with Crippen molar-refractivity contribution in [1.29, 1.82) is 0 Å². The Balaban J connectivity index is 1.08. The van der Waals surface area contributed by atoms with Crippen molar-refractivity contribution >= 4 is 17.5 Å². The van der Waals surface area contributed by atoms with E-state index >= 15 is 0 Å². The van der Waals surface area contributed by atoms with Crippen LogP contribution in [0.25, 0.3) is 5.57 Å². The summed E-state index contributed by atoms with van der Waals surface area (Å²) in [7, 11) is 0. The van der Waals surface area contributed by atoms with E-state index in [-0.39, 0.29) is 30.2 Å². The summed E-state index contributed by atoms with van der Waals surface area (Å²) in [5.74, 6) is 2.04. The molecule has 1 aromatic heterocycles. The van der Waals surface area contributed by atoms with Crippen molar-refractivity contribution in [2.24, 2.45) is 17.8 Å². The molecule has 0 saturated carbocycles. The lowest BCUT2D eigenvalue weighted by molar-refractivity contribution is -0.137. The largest absolute Gasteiger partial charge is 0.490 e. The zero-order chi connectivity index (χ0) is 28.1. The molecule has 218 valence electrons. The highest BCUT2D eigenvalue weighted by Gasteiger charge is 2.30. The van der Waals surface area contributed by atoms with Gasteiger partial charge in [0.15, 0.2) is 17.4 Å². The van der Waals surface area contributed by atoms with Gasteiger partial charge in [-0.05, 0) is 86.5 Å². The maximum Gasteiger partial charge on any atom is 0.324 e. The van der Waals surface area contributed by atoms with Crippen molar-refractivity contribution in [3.05, 3.63) is 41.5 Å². The second-order valence-electron chi connectivity index (χ2n) is 12.0. The Morgan fingerprint density at radius 3 is 2.50 bits per heavy atom. The molecule has 2 fully saturated rings. The number of halogens is 1. The summed E-state index contributed by atoms with van der Waals surface area (Å²) in [5.41, 5.74) is 1.97. The van der Waals surface area contributed by atoms with Crippen LogP contribution in [0, 0.1) is 23.6 Å².